The van der Waals surface area contributed by atoms with Gasteiger partial charge in [-0.3, -0.25) is 4.79 Å². The molecule has 0 bridgehead atoms. The van der Waals surface area contributed by atoms with E-state index in [-0.39, 0.29) is 5.91 Å². The van der Waals surface area contributed by atoms with Gasteiger partial charge in [0.05, 0.1) is 0 Å². The molecular formula is C16H15BrN2O. The number of hydrogen-bond acceptors (Lipinski definition) is 2. The van der Waals surface area contributed by atoms with E-state index in [0.29, 0.717) is 12.2 Å². The highest BCUT2D eigenvalue weighted by Crippen LogP contribution is 2.22. The topological polar surface area (TPSA) is 33.2 Å². The molecule has 0 N–H and O–H groups in total. The summed E-state index contributed by atoms with van der Waals surface area (Å²) in [5, 5.41) is 0. The normalized spacial score (nSPS) is 14.6. The van der Waals surface area contributed by atoms with Gasteiger partial charge in [0.1, 0.15) is 5.69 Å². The molecular weight excluding hydrogens is 316 g/mol. The molecule has 20 heavy (non-hydrogen) atoms. The molecule has 102 valence electrons. The first-order valence-electron chi connectivity index (χ1n) is 6.72. The molecule has 3 rings (SSSR count). The van der Waals surface area contributed by atoms with E-state index >= 15 is 0 Å². The van der Waals surface area contributed by atoms with Crippen LogP contribution in [-0.2, 0) is 13.0 Å². The van der Waals surface area contributed by atoms with E-state index in [1.54, 1.807) is 6.20 Å². The van der Waals surface area contributed by atoms with Crippen LogP contribution in [-0.4, -0.2) is 22.3 Å². The molecule has 0 saturated carbocycles. The summed E-state index contributed by atoms with van der Waals surface area (Å²) >= 11 is 3.40. The third kappa shape index (κ3) is 2.61. The SMILES string of the molecule is O=C(c1ncccc1Br)N1CCCc2ccccc2C1. The number of aryl methyl sites for hydroxylation is 1. The molecule has 2 heterocycles. The predicted molar refractivity (Wildman–Crippen MR) is 81.4 cm³/mol. The molecule has 0 spiro atoms. The van der Waals surface area contributed by atoms with Gasteiger partial charge < -0.3 is 4.90 Å². The molecule has 1 aliphatic rings. The number of benzene rings is 1. The first-order chi connectivity index (χ1) is 9.75. The number of pyridine rings is 1. The van der Waals surface area contributed by atoms with Crippen LogP contribution < -0.4 is 0 Å². The van der Waals surface area contributed by atoms with Crippen molar-refractivity contribution in [1.82, 2.24) is 9.88 Å². The summed E-state index contributed by atoms with van der Waals surface area (Å²) in [4.78, 5) is 18.7. The highest BCUT2D eigenvalue weighted by molar-refractivity contribution is 9.10. The molecule has 0 saturated heterocycles. The van der Waals surface area contributed by atoms with Crippen molar-refractivity contribution in [3.63, 3.8) is 0 Å². The maximum atomic E-state index is 12.6. The zero-order valence-electron chi connectivity index (χ0n) is 11.1. The van der Waals surface area contributed by atoms with Crippen LogP contribution in [0, 0.1) is 0 Å². The number of carbonyl (C=O) groups excluding carboxylic acids is 1. The molecule has 1 aliphatic heterocycles. The van der Waals surface area contributed by atoms with E-state index in [9.17, 15) is 4.79 Å². The van der Waals surface area contributed by atoms with Crippen molar-refractivity contribution in [3.05, 3.63) is 63.9 Å². The summed E-state index contributed by atoms with van der Waals surface area (Å²) in [6.07, 6.45) is 3.68. The Labute approximate surface area is 126 Å². The molecule has 3 nitrogen and oxygen atoms in total. The van der Waals surface area contributed by atoms with Gasteiger partial charge in [-0.2, -0.15) is 0 Å². The largest absolute Gasteiger partial charge is 0.333 e. The Morgan fingerprint density at radius 2 is 1.95 bits per heavy atom. The maximum absolute atomic E-state index is 12.6. The fraction of sp³-hybridized carbons (Fsp3) is 0.250. The van der Waals surface area contributed by atoms with Gasteiger partial charge in [-0.15, -0.1) is 0 Å². The molecule has 4 heteroatoms. The molecule has 2 aromatic rings. The smallest absolute Gasteiger partial charge is 0.273 e. The van der Waals surface area contributed by atoms with E-state index in [4.69, 9.17) is 0 Å². The Kier molecular flexibility index (Phi) is 3.83. The molecule has 0 radical (unpaired) electrons. The lowest BCUT2D eigenvalue weighted by Gasteiger charge is -2.21. The number of carbonyl (C=O) groups is 1. The summed E-state index contributed by atoms with van der Waals surface area (Å²) < 4.78 is 0.752. The first kappa shape index (κ1) is 13.3. The second-order valence-corrected chi connectivity index (χ2v) is 5.79. The zero-order chi connectivity index (χ0) is 13.9. The number of rotatable bonds is 1. The third-order valence-corrected chi connectivity index (χ3v) is 4.24. The van der Waals surface area contributed by atoms with Crippen molar-refractivity contribution in [2.75, 3.05) is 6.54 Å². The van der Waals surface area contributed by atoms with E-state index in [0.717, 1.165) is 23.9 Å². The summed E-state index contributed by atoms with van der Waals surface area (Å²) in [5.74, 6) is -0.00539. The van der Waals surface area contributed by atoms with E-state index in [1.807, 2.05) is 23.1 Å². The second kappa shape index (κ2) is 5.75. The summed E-state index contributed by atoms with van der Waals surface area (Å²) in [7, 11) is 0. The van der Waals surface area contributed by atoms with Gasteiger partial charge in [-0.1, -0.05) is 24.3 Å². The monoisotopic (exact) mass is 330 g/mol. The average molecular weight is 331 g/mol. The van der Waals surface area contributed by atoms with Gasteiger partial charge >= 0.3 is 0 Å². The van der Waals surface area contributed by atoms with Gasteiger partial charge in [-0.25, -0.2) is 4.98 Å². The molecule has 0 unspecified atom stereocenters. The van der Waals surface area contributed by atoms with Gasteiger partial charge in [-0.05, 0) is 52.0 Å². The lowest BCUT2D eigenvalue weighted by atomic mass is 10.0. The van der Waals surface area contributed by atoms with Gasteiger partial charge in [0, 0.05) is 23.8 Å². The lowest BCUT2D eigenvalue weighted by Crippen LogP contribution is -2.31. The van der Waals surface area contributed by atoms with Crippen LogP contribution in [0.2, 0.25) is 0 Å². The number of hydrogen-bond donors (Lipinski definition) is 0. The van der Waals surface area contributed by atoms with Crippen LogP contribution in [0.4, 0.5) is 0 Å². The van der Waals surface area contributed by atoms with Crippen molar-refractivity contribution in [2.45, 2.75) is 19.4 Å². The molecule has 0 aliphatic carbocycles. The van der Waals surface area contributed by atoms with Crippen LogP contribution in [0.15, 0.2) is 47.1 Å². The standard InChI is InChI=1S/C16H15BrN2O/c17-14-8-3-9-18-15(14)16(20)19-10-4-7-12-5-1-2-6-13(12)11-19/h1-3,5-6,8-9H,4,7,10-11H2. The van der Waals surface area contributed by atoms with Crippen molar-refractivity contribution < 1.29 is 4.79 Å². The molecule has 1 aromatic heterocycles. The summed E-state index contributed by atoms with van der Waals surface area (Å²) in [6.45, 7) is 1.44. The Balaban J connectivity index is 1.88. The molecule has 1 aromatic carbocycles. The summed E-state index contributed by atoms with van der Waals surface area (Å²) in [5.41, 5.74) is 3.08. The first-order valence-corrected chi connectivity index (χ1v) is 7.51. The minimum atomic E-state index is -0.00539. The van der Waals surface area contributed by atoms with Crippen LogP contribution >= 0.6 is 15.9 Å². The third-order valence-electron chi connectivity index (χ3n) is 3.60. The van der Waals surface area contributed by atoms with Gasteiger partial charge in [0.2, 0.25) is 0 Å². The van der Waals surface area contributed by atoms with Gasteiger partial charge in [0.15, 0.2) is 0 Å². The van der Waals surface area contributed by atoms with Crippen molar-refractivity contribution >= 4 is 21.8 Å². The van der Waals surface area contributed by atoms with E-state index < -0.39 is 0 Å². The van der Waals surface area contributed by atoms with Crippen LogP contribution in [0.3, 0.4) is 0 Å². The second-order valence-electron chi connectivity index (χ2n) is 4.93. The van der Waals surface area contributed by atoms with Gasteiger partial charge in [0.25, 0.3) is 5.91 Å². The number of amides is 1. The molecule has 0 fully saturated rings. The average Bonchev–Trinajstić information content (AvgIpc) is 2.69. The van der Waals surface area contributed by atoms with Crippen LogP contribution in [0.5, 0.6) is 0 Å². The Hall–Kier alpha value is -1.68. The van der Waals surface area contributed by atoms with Crippen LogP contribution in [0.25, 0.3) is 0 Å². The van der Waals surface area contributed by atoms with Crippen molar-refractivity contribution in [1.29, 1.82) is 0 Å². The molecule has 1 amide bonds. The van der Waals surface area contributed by atoms with E-state index in [2.05, 4.69) is 39.1 Å². The fourth-order valence-electron chi connectivity index (χ4n) is 2.57. The number of aromatic nitrogens is 1. The van der Waals surface area contributed by atoms with Crippen molar-refractivity contribution in [3.8, 4) is 0 Å². The number of nitrogens with zero attached hydrogens (tertiary/aromatic N) is 2. The lowest BCUT2D eigenvalue weighted by molar-refractivity contribution is 0.0739. The van der Waals surface area contributed by atoms with Crippen LogP contribution in [0.1, 0.15) is 28.0 Å². The Morgan fingerprint density at radius 1 is 1.15 bits per heavy atom. The highest BCUT2D eigenvalue weighted by Gasteiger charge is 2.22. The number of fused-ring (bicyclic) bond motifs is 1. The zero-order valence-corrected chi connectivity index (χ0v) is 12.6. The quantitative estimate of drug-likeness (QED) is 0.802. The number of halogens is 1. The van der Waals surface area contributed by atoms with Crippen molar-refractivity contribution in [2.24, 2.45) is 0 Å². The summed E-state index contributed by atoms with van der Waals surface area (Å²) in [6, 6.07) is 12.0. The van der Waals surface area contributed by atoms with E-state index in [1.165, 1.54) is 11.1 Å². The minimum absolute atomic E-state index is 0.00539. The highest BCUT2D eigenvalue weighted by atomic mass is 79.9. The predicted octanol–water partition coefficient (Wildman–Crippen LogP) is 3.43. The minimum Gasteiger partial charge on any atom is -0.333 e. The fourth-order valence-corrected chi connectivity index (χ4v) is 2.99. The maximum Gasteiger partial charge on any atom is 0.273 e. The Morgan fingerprint density at radius 3 is 2.75 bits per heavy atom. The molecule has 0 atom stereocenters. The Bertz CT molecular complexity index is 642.